The fourth-order valence-corrected chi connectivity index (χ4v) is 3.76. The molecule has 18 heavy (non-hydrogen) atoms. The number of nitrogens with zero attached hydrogens (tertiary/aromatic N) is 1. The summed E-state index contributed by atoms with van der Waals surface area (Å²) in [6, 6.07) is 0. The third-order valence-electron chi connectivity index (χ3n) is 5.17. The monoisotopic (exact) mass is 255 g/mol. The Hall–Kier alpha value is -0.160. The molecule has 2 unspecified atom stereocenters. The van der Waals surface area contributed by atoms with Gasteiger partial charge in [-0.2, -0.15) is 0 Å². The summed E-state index contributed by atoms with van der Waals surface area (Å²) in [4.78, 5) is 2.31. The van der Waals surface area contributed by atoms with Crippen LogP contribution in [0.2, 0.25) is 0 Å². The van der Waals surface area contributed by atoms with Crippen LogP contribution in [0.3, 0.4) is 0 Å². The minimum atomic E-state index is -0.466. The molecular weight excluding hydrogens is 230 g/mol. The summed E-state index contributed by atoms with van der Waals surface area (Å²) in [5.74, 6) is 0.390. The average Bonchev–Trinajstić information content (AvgIpc) is 2.81. The van der Waals surface area contributed by atoms with Crippen LogP contribution in [0.5, 0.6) is 0 Å². The molecule has 0 aromatic carbocycles. The van der Waals surface area contributed by atoms with Crippen LogP contribution in [-0.4, -0.2) is 61.2 Å². The summed E-state index contributed by atoms with van der Waals surface area (Å²) in [5, 5.41) is 10.9. The molecule has 0 aromatic heterocycles. The first-order valence-electron chi connectivity index (χ1n) is 7.25. The standard InChI is InChI=1S/C14H25NO3/c1-15-6-3-14(16,4-7-15)12-2-8-18-13(10-12)5-9-17-11-13/h12,16H,2-11H2,1H3. The van der Waals surface area contributed by atoms with Crippen LogP contribution in [-0.2, 0) is 9.47 Å². The van der Waals surface area contributed by atoms with Crippen molar-refractivity contribution in [2.75, 3.05) is 40.0 Å². The van der Waals surface area contributed by atoms with Crippen LogP contribution in [0.15, 0.2) is 0 Å². The smallest absolute Gasteiger partial charge is 0.0940 e. The lowest BCUT2D eigenvalue weighted by molar-refractivity contribution is -0.154. The van der Waals surface area contributed by atoms with E-state index < -0.39 is 5.60 Å². The van der Waals surface area contributed by atoms with Crippen molar-refractivity contribution in [3.8, 4) is 0 Å². The molecule has 0 saturated carbocycles. The Morgan fingerprint density at radius 2 is 1.94 bits per heavy atom. The van der Waals surface area contributed by atoms with Crippen LogP contribution in [0.25, 0.3) is 0 Å². The molecule has 1 spiro atoms. The Bertz CT molecular complexity index is 293. The fraction of sp³-hybridized carbons (Fsp3) is 1.00. The van der Waals surface area contributed by atoms with Gasteiger partial charge in [0.15, 0.2) is 0 Å². The number of aliphatic hydroxyl groups is 1. The molecule has 3 aliphatic heterocycles. The molecule has 1 N–H and O–H groups in total. The normalized spacial score (nSPS) is 41.3. The lowest BCUT2D eigenvalue weighted by atomic mass is 9.71. The highest BCUT2D eigenvalue weighted by molar-refractivity contribution is 4.99. The minimum Gasteiger partial charge on any atom is -0.389 e. The van der Waals surface area contributed by atoms with E-state index in [1.807, 2.05) is 0 Å². The number of hydrogen-bond acceptors (Lipinski definition) is 4. The van der Waals surface area contributed by atoms with Gasteiger partial charge in [-0.15, -0.1) is 0 Å². The van der Waals surface area contributed by atoms with Gasteiger partial charge in [0.2, 0.25) is 0 Å². The average molecular weight is 255 g/mol. The van der Waals surface area contributed by atoms with Gasteiger partial charge in [-0.25, -0.2) is 0 Å². The number of likely N-dealkylation sites (tertiary alicyclic amines) is 1. The van der Waals surface area contributed by atoms with Gasteiger partial charge in [0.05, 0.1) is 17.8 Å². The maximum Gasteiger partial charge on any atom is 0.0940 e. The van der Waals surface area contributed by atoms with Crippen LogP contribution < -0.4 is 0 Å². The summed E-state index contributed by atoms with van der Waals surface area (Å²) < 4.78 is 11.5. The van der Waals surface area contributed by atoms with Crippen LogP contribution >= 0.6 is 0 Å². The number of rotatable bonds is 1. The molecule has 0 bridgehead atoms. The van der Waals surface area contributed by atoms with Crippen molar-refractivity contribution in [1.29, 1.82) is 0 Å². The van der Waals surface area contributed by atoms with Crippen molar-refractivity contribution in [2.45, 2.75) is 43.3 Å². The molecule has 3 heterocycles. The molecule has 4 heteroatoms. The van der Waals surface area contributed by atoms with E-state index in [9.17, 15) is 5.11 Å². The topological polar surface area (TPSA) is 41.9 Å². The number of piperidine rings is 1. The first-order valence-corrected chi connectivity index (χ1v) is 7.25. The number of ether oxygens (including phenoxy) is 2. The van der Waals surface area contributed by atoms with E-state index in [1.165, 1.54) is 0 Å². The van der Waals surface area contributed by atoms with Crippen LogP contribution in [0, 0.1) is 5.92 Å². The van der Waals surface area contributed by atoms with Crippen molar-refractivity contribution in [1.82, 2.24) is 4.90 Å². The largest absolute Gasteiger partial charge is 0.389 e. The number of hydrogen-bond donors (Lipinski definition) is 1. The second-order valence-electron chi connectivity index (χ2n) is 6.43. The van der Waals surface area contributed by atoms with E-state index in [-0.39, 0.29) is 5.60 Å². The predicted octanol–water partition coefficient (Wildman–Crippen LogP) is 1.03. The zero-order chi connectivity index (χ0) is 12.6. The molecule has 0 radical (unpaired) electrons. The molecule has 0 aliphatic carbocycles. The third-order valence-corrected chi connectivity index (χ3v) is 5.17. The summed E-state index contributed by atoms with van der Waals surface area (Å²) in [7, 11) is 2.13. The second kappa shape index (κ2) is 4.75. The first-order chi connectivity index (χ1) is 8.62. The fourth-order valence-electron chi connectivity index (χ4n) is 3.76. The van der Waals surface area contributed by atoms with E-state index in [0.29, 0.717) is 5.92 Å². The SMILES string of the molecule is CN1CCC(O)(C2CCOC3(CCOC3)C2)CC1. The van der Waals surface area contributed by atoms with Gasteiger partial charge in [0.1, 0.15) is 0 Å². The van der Waals surface area contributed by atoms with Crippen molar-refractivity contribution < 1.29 is 14.6 Å². The predicted molar refractivity (Wildman–Crippen MR) is 68.5 cm³/mol. The van der Waals surface area contributed by atoms with Gasteiger partial charge in [0, 0.05) is 32.7 Å². The second-order valence-corrected chi connectivity index (χ2v) is 6.43. The highest BCUT2D eigenvalue weighted by atomic mass is 16.6. The molecule has 0 amide bonds. The van der Waals surface area contributed by atoms with Gasteiger partial charge in [-0.3, -0.25) is 0 Å². The minimum absolute atomic E-state index is 0.0814. The molecular formula is C14H25NO3. The van der Waals surface area contributed by atoms with E-state index in [4.69, 9.17) is 9.47 Å². The highest BCUT2D eigenvalue weighted by Crippen LogP contribution is 2.43. The highest BCUT2D eigenvalue weighted by Gasteiger charge is 2.48. The van der Waals surface area contributed by atoms with Crippen molar-refractivity contribution in [3.05, 3.63) is 0 Å². The zero-order valence-corrected chi connectivity index (χ0v) is 11.4. The molecule has 2 atom stereocenters. The molecule has 4 nitrogen and oxygen atoms in total. The van der Waals surface area contributed by atoms with E-state index in [1.54, 1.807) is 0 Å². The Balaban J connectivity index is 1.68. The quantitative estimate of drug-likeness (QED) is 0.760. The van der Waals surface area contributed by atoms with E-state index in [0.717, 1.165) is 65.0 Å². The summed E-state index contributed by atoms with van der Waals surface area (Å²) in [5.41, 5.74) is -0.548. The lowest BCUT2D eigenvalue weighted by Gasteiger charge is -2.47. The summed E-state index contributed by atoms with van der Waals surface area (Å²) >= 11 is 0. The Labute approximate surface area is 109 Å². The van der Waals surface area contributed by atoms with Crippen molar-refractivity contribution >= 4 is 0 Å². The first kappa shape index (κ1) is 12.9. The van der Waals surface area contributed by atoms with Crippen LogP contribution in [0.4, 0.5) is 0 Å². The van der Waals surface area contributed by atoms with Gasteiger partial charge < -0.3 is 19.5 Å². The van der Waals surface area contributed by atoms with Gasteiger partial charge in [0.25, 0.3) is 0 Å². The lowest BCUT2D eigenvalue weighted by Crippen LogP contribution is -2.53. The molecule has 3 aliphatic rings. The van der Waals surface area contributed by atoms with Gasteiger partial charge in [-0.05, 0) is 38.6 Å². The maximum atomic E-state index is 10.9. The Morgan fingerprint density at radius 1 is 1.17 bits per heavy atom. The summed E-state index contributed by atoms with van der Waals surface area (Å²) in [6.07, 6.45) is 4.80. The van der Waals surface area contributed by atoms with Gasteiger partial charge >= 0.3 is 0 Å². The van der Waals surface area contributed by atoms with E-state index >= 15 is 0 Å². The molecule has 3 fully saturated rings. The van der Waals surface area contributed by atoms with E-state index in [2.05, 4.69) is 11.9 Å². The molecule has 3 saturated heterocycles. The maximum absolute atomic E-state index is 10.9. The third kappa shape index (κ3) is 2.31. The summed E-state index contributed by atoms with van der Waals surface area (Å²) in [6.45, 7) is 4.34. The molecule has 0 aromatic rings. The van der Waals surface area contributed by atoms with Crippen molar-refractivity contribution in [3.63, 3.8) is 0 Å². The van der Waals surface area contributed by atoms with Crippen molar-refractivity contribution in [2.24, 2.45) is 5.92 Å². The van der Waals surface area contributed by atoms with Gasteiger partial charge in [-0.1, -0.05) is 0 Å². The molecule has 3 rings (SSSR count). The molecule has 104 valence electrons. The zero-order valence-electron chi connectivity index (χ0n) is 11.4. The Morgan fingerprint density at radius 3 is 2.61 bits per heavy atom. The van der Waals surface area contributed by atoms with Crippen LogP contribution in [0.1, 0.15) is 32.1 Å². The Kier molecular flexibility index (Phi) is 3.39.